The van der Waals surface area contributed by atoms with Crippen molar-refractivity contribution in [3.8, 4) is 11.1 Å². The van der Waals surface area contributed by atoms with Crippen LogP contribution in [-0.2, 0) is 6.54 Å². The Morgan fingerprint density at radius 3 is 2.44 bits per heavy atom. The number of hydrogen-bond acceptors (Lipinski definition) is 3. The first-order valence-corrected chi connectivity index (χ1v) is 5.96. The first kappa shape index (κ1) is 12.6. The summed E-state index contributed by atoms with van der Waals surface area (Å²) in [6, 6.07) is 7.01. The molecule has 0 unspecified atom stereocenters. The van der Waals surface area contributed by atoms with E-state index in [1.54, 1.807) is 30.6 Å². The summed E-state index contributed by atoms with van der Waals surface area (Å²) < 4.78 is 13.6. The summed E-state index contributed by atoms with van der Waals surface area (Å²) in [5.74, 6) is 0.456. The monoisotopic (exact) mass is 245 g/mol. The third-order valence-corrected chi connectivity index (χ3v) is 2.56. The maximum absolute atomic E-state index is 13.6. The molecule has 0 saturated carbocycles. The second kappa shape index (κ2) is 5.69. The van der Waals surface area contributed by atoms with Crippen LogP contribution < -0.4 is 5.32 Å². The Kier molecular flexibility index (Phi) is 3.99. The number of aromatic nitrogens is 2. The zero-order chi connectivity index (χ0) is 13.0. The molecular weight excluding hydrogens is 229 g/mol. The van der Waals surface area contributed by atoms with Gasteiger partial charge in [0.15, 0.2) is 0 Å². The van der Waals surface area contributed by atoms with Gasteiger partial charge in [-0.1, -0.05) is 32.0 Å². The van der Waals surface area contributed by atoms with Crippen LogP contribution in [0.25, 0.3) is 11.1 Å². The Labute approximate surface area is 106 Å². The standard InChI is InChI=1S/C14H16FN3/c1-10(2)16-9-14-17-7-11(8-18-14)12-5-3-4-6-13(12)15/h3-8,10,16H,9H2,1-2H3. The molecule has 0 spiro atoms. The molecular formula is C14H16FN3. The average Bonchev–Trinajstić information content (AvgIpc) is 2.38. The van der Waals surface area contributed by atoms with Gasteiger partial charge in [0.25, 0.3) is 0 Å². The van der Waals surface area contributed by atoms with Gasteiger partial charge in [0, 0.05) is 29.6 Å². The van der Waals surface area contributed by atoms with E-state index in [0.717, 1.165) is 0 Å². The molecule has 4 heteroatoms. The lowest BCUT2D eigenvalue weighted by Gasteiger charge is -2.07. The van der Waals surface area contributed by atoms with Crippen molar-refractivity contribution < 1.29 is 4.39 Å². The molecule has 1 aromatic carbocycles. The Balaban J connectivity index is 2.15. The van der Waals surface area contributed by atoms with Gasteiger partial charge in [-0.25, -0.2) is 14.4 Å². The Morgan fingerprint density at radius 1 is 1.17 bits per heavy atom. The van der Waals surface area contributed by atoms with E-state index >= 15 is 0 Å². The van der Waals surface area contributed by atoms with Crippen molar-refractivity contribution in [3.05, 3.63) is 48.3 Å². The molecule has 3 nitrogen and oxygen atoms in total. The summed E-state index contributed by atoms with van der Waals surface area (Å²) in [5, 5.41) is 3.23. The van der Waals surface area contributed by atoms with Gasteiger partial charge in [-0.2, -0.15) is 0 Å². The number of nitrogens with zero attached hydrogens (tertiary/aromatic N) is 2. The number of nitrogens with one attached hydrogen (secondary N) is 1. The maximum Gasteiger partial charge on any atom is 0.141 e. The minimum atomic E-state index is -0.255. The largest absolute Gasteiger partial charge is 0.308 e. The molecule has 0 radical (unpaired) electrons. The molecule has 0 fully saturated rings. The molecule has 0 atom stereocenters. The maximum atomic E-state index is 13.6. The van der Waals surface area contributed by atoms with Crippen molar-refractivity contribution in [2.45, 2.75) is 26.4 Å². The molecule has 0 aliphatic carbocycles. The molecule has 18 heavy (non-hydrogen) atoms. The van der Waals surface area contributed by atoms with Gasteiger partial charge in [-0.15, -0.1) is 0 Å². The van der Waals surface area contributed by atoms with Crippen molar-refractivity contribution in [3.63, 3.8) is 0 Å². The molecule has 1 heterocycles. The molecule has 0 aliphatic heterocycles. The van der Waals surface area contributed by atoms with Crippen LogP contribution in [0, 0.1) is 5.82 Å². The zero-order valence-electron chi connectivity index (χ0n) is 10.5. The smallest absolute Gasteiger partial charge is 0.141 e. The third-order valence-electron chi connectivity index (χ3n) is 2.56. The normalized spacial score (nSPS) is 10.9. The lowest BCUT2D eigenvalue weighted by molar-refractivity contribution is 0.572. The fourth-order valence-corrected chi connectivity index (χ4v) is 1.58. The highest BCUT2D eigenvalue weighted by atomic mass is 19.1. The van der Waals surface area contributed by atoms with E-state index in [0.29, 0.717) is 29.5 Å². The molecule has 2 rings (SSSR count). The minimum absolute atomic E-state index is 0.255. The Morgan fingerprint density at radius 2 is 1.83 bits per heavy atom. The highest BCUT2D eigenvalue weighted by Gasteiger charge is 2.05. The van der Waals surface area contributed by atoms with Gasteiger partial charge in [0.05, 0.1) is 6.54 Å². The van der Waals surface area contributed by atoms with E-state index in [4.69, 9.17) is 0 Å². The second-order valence-corrected chi connectivity index (χ2v) is 4.40. The summed E-state index contributed by atoms with van der Waals surface area (Å²) in [7, 11) is 0. The van der Waals surface area contributed by atoms with Crippen molar-refractivity contribution in [1.29, 1.82) is 0 Å². The number of rotatable bonds is 4. The zero-order valence-corrected chi connectivity index (χ0v) is 10.5. The topological polar surface area (TPSA) is 37.8 Å². The van der Waals surface area contributed by atoms with Crippen molar-refractivity contribution in [2.24, 2.45) is 0 Å². The SMILES string of the molecule is CC(C)NCc1ncc(-c2ccccc2F)cn1. The van der Waals surface area contributed by atoms with Crippen LogP contribution in [0.2, 0.25) is 0 Å². The predicted molar refractivity (Wildman–Crippen MR) is 69.4 cm³/mol. The fourth-order valence-electron chi connectivity index (χ4n) is 1.58. The van der Waals surface area contributed by atoms with Crippen LogP contribution in [0.4, 0.5) is 4.39 Å². The van der Waals surface area contributed by atoms with Crippen LogP contribution >= 0.6 is 0 Å². The molecule has 94 valence electrons. The van der Waals surface area contributed by atoms with Crippen LogP contribution in [0.1, 0.15) is 19.7 Å². The lowest BCUT2D eigenvalue weighted by Crippen LogP contribution is -2.23. The van der Waals surface area contributed by atoms with Gasteiger partial charge < -0.3 is 5.32 Å². The van der Waals surface area contributed by atoms with Gasteiger partial charge in [-0.05, 0) is 6.07 Å². The lowest BCUT2D eigenvalue weighted by atomic mass is 10.1. The van der Waals surface area contributed by atoms with E-state index in [1.807, 2.05) is 0 Å². The molecule has 2 aromatic rings. The van der Waals surface area contributed by atoms with Gasteiger partial charge in [-0.3, -0.25) is 0 Å². The van der Waals surface area contributed by atoms with Gasteiger partial charge in [0.2, 0.25) is 0 Å². The first-order chi connectivity index (χ1) is 8.66. The number of halogens is 1. The van der Waals surface area contributed by atoms with E-state index in [1.165, 1.54) is 6.07 Å². The van der Waals surface area contributed by atoms with Crippen molar-refractivity contribution in [1.82, 2.24) is 15.3 Å². The van der Waals surface area contributed by atoms with Crippen LogP contribution in [0.3, 0.4) is 0 Å². The Hall–Kier alpha value is -1.81. The first-order valence-electron chi connectivity index (χ1n) is 5.96. The van der Waals surface area contributed by atoms with Crippen molar-refractivity contribution >= 4 is 0 Å². The third kappa shape index (κ3) is 3.11. The molecule has 1 N–H and O–H groups in total. The van der Waals surface area contributed by atoms with Gasteiger partial charge >= 0.3 is 0 Å². The summed E-state index contributed by atoms with van der Waals surface area (Å²) in [6.45, 7) is 4.75. The summed E-state index contributed by atoms with van der Waals surface area (Å²) in [5.41, 5.74) is 1.22. The van der Waals surface area contributed by atoms with Crippen LogP contribution in [0.5, 0.6) is 0 Å². The summed E-state index contributed by atoms with van der Waals surface area (Å²) >= 11 is 0. The van der Waals surface area contributed by atoms with Crippen molar-refractivity contribution in [2.75, 3.05) is 0 Å². The van der Waals surface area contributed by atoms with E-state index in [2.05, 4.69) is 29.1 Å². The highest BCUT2D eigenvalue weighted by Crippen LogP contribution is 2.20. The number of hydrogen-bond donors (Lipinski definition) is 1. The minimum Gasteiger partial charge on any atom is -0.308 e. The van der Waals surface area contributed by atoms with Crippen LogP contribution in [-0.4, -0.2) is 16.0 Å². The van der Waals surface area contributed by atoms with Gasteiger partial charge in [0.1, 0.15) is 11.6 Å². The van der Waals surface area contributed by atoms with E-state index in [-0.39, 0.29) is 5.82 Å². The van der Waals surface area contributed by atoms with Crippen LogP contribution in [0.15, 0.2) is 36.7 Å². The predicted octanol–water partition coefficient (Wildman–Crippen LogP) is 2.78. The summed E-state index contributed by atoms with van der Waals surface area (Å²) in [4.78, 5) is 8.46. The second-order valence-electron chi connectivity index (χ2n) is 4.40. The number of benzene rings is 1. The Bertz CT molecular complexity index is 509. The molecule has 0 amide bonds. The average molecular weight is 245 g/mol. The highest BCUT2D eigenvalue weighted by molar-refractivity contribution is 5.61. The van der Waals surface area contributed by atoms with E-state index in [9.17, 15) is 4.39 Å². The molecule has 0 aliphatic rings. The summed E-state index contributed by atoms with van der Waals surface area (Å²) in [6.07, 6.45) is 3.31. The molecule has 1 aromatic heterocycles. The molecule has 0 bridgehead atoms. The quantitative estimate of drug-likeness (QED) is 0.900. The molecule has 0 saturated heterocycles. The van der Waals surface area contributed by atoms with E-state index < -0.39 is 0 Å². The fraction of sp³-hybridized carbons (Fsp3) is 0.286.